The van der Waals surface area contributed by atoms with Gasteiger partial charge in [0, 0.05) is 6.07 Å². The van der Waals surface area contributed by atoms with Crippen molar-refractivity contribution in [3.63, 3.8) is 0 Å². The van der Waals surface area contributed by atoms with Crippen LogP contribution in [0.15, 0.2) is 12.1 Å². The number of aromatic nitrogens is 1. The van der Waals surface area contributed by atoms with Crippen molar-refractivity contribution in [1.29, 1.82) is 0 Å². The highest BCUT2D eigenvalue weighted by molar-refractivity contribution is 5.88. The number of nitrogens with zero attached hydrogens (tertiary/aromatic N) is 2. The molecular weight excluding hydrogens is 216 g/mol. The molecule has 7 heteroatoms. The predicted molar refractivity (Wildman–Crippen MR) is 51.5 cm³/mol. The van der Waals surface area contributed by atoms with E-state index in [1.165, 1.54) is 6.07 Å². The molecule has 2 rings (SSSR count). The third-order valence-electron chi connectivity index (χ3n) is 2.05. The molecule has 1 N–H and O–H groups in total. The molecule has 1 aromatic heterocycles. The average molecular weight is 224 g/mol. The monoisotopic (exact) mass is 224 g/mol. The van der Waals surface area contributed by atoms with Crippen LogP contribution in [-0.2, 0) is 0 Å². The highest BCUT2D eigenvalue weighted by Gasteiger charge is 2.29. The third kappa shape index (κ3) is 2.08. The Labute approximate surface area is 89.8 Å². The summed E-state index contributed by atoms with van der Waals surface area (Å²) in [6.45, 7) is 0. The maximum absolute atomic E-state index is 10.8. The van der Waals surface area contributed by atoms with Gasteiger partial charge in [-0.25, -0.2) is 4.79 Å². The van der Waals surface area contributed by atoms with Crippen LogP contribution in [0.3, 0.4) is 0 Å². The standard InChI is InChI=1S/C9H8N2O5/c12-9(13)8-6(16-5-1-2-5)3-4-7(10-8)11(14)15/h3-5H,1-2H2,(H,12,13). The third-order valence-corrected chi connectivity index (χ3v) is 2.05. The summed E-state index contributed by atoms with van der Waals surface area (Å²) < 4.78 is 5.29. The first-order valence-electron chi connectivity index (χ1n) is 4.63. The van der Waals surface area contributed by atoms with Crippen molar-refractivity contribution in [2.45, 2.75) is 18.9 Å². The molecule has 1 aliphatic rings. The van der Waals surface area contributed by atoms with Crippen LogP contribution in [0.4, 0.5) is 5.82 Å². The lowest BCUT2D eigenvalue weighted by atomic mass is 10.3. The second-order valence-electron chi connectivity index (χ2n) is 3.40. The molecule has 7 nitrogen and oxygen atoms in total. The number of hydrogen-bond acceptors (Lipinski definition) is 5. The van der Waals surface area contributed by atoms with Gasteiger partial charge in [-0.05, 0) is 28.8 Å². The second kappa shape index (κ2) is 3.76. The number of carboxylic acid groups (broad SMARTS) is 1. The average Bonchev–Trinajstić information content (AvgIpc) is 3.01. The number of pyridine rings is 1. The van der Waals surface area contributed by atoms with Gasteiger partial charge in [0.25, 0.3) is 0 Å². The van der Waals surface area contributed by atoms with E-state index in [2.05, 4.69) is 4.98 Å². The largest absolute Gasteiger partial charge is 0.485 e. The molecule has 1 aliphatic carbocycles. The van der Waals surface area contributed by atoms with E-state index >= 15 is 0 Å². The van der Waals surface area contributed by atoms with Gasteiger partial charge in [-0.15, -0.1) is 0 Å². The van der Waals surface area contributed by atoms with E-state index in [1.54, 1.807) is 0 Å². The smallest absolute Gasteiger partial charge is 0.384 e. The lowest BCUT2D eigenvalue weighted by Gasteiger charge is -2.03. The van der Waals surface area contributed by atoms with Gasteiger partial charge < -0.3 is 20.0 Å². The molecule has 0 aliphatic heterocycles. The van der Waals surface area contributed by atoms with Crippen LogP contribution in [0.5, 0.6) is 5.75 Å². The quantitative estimate of drug-likeness (QED) is 0.609. The molecule has 0 bridgehead atoms. The van der Waals surface area contributed by atoms with Crippen molar-refractivity contribution in [3.8, 4) is 5.75 Å². The van der Waals surface area contributed by atoms with Gasteiger partial charge >= 0.3 is 17.5 Å². The zero-order valence-corrected chi connectivity index (χ0v) is 8.12. The number of ether oxygens (including phenoxy) is 1. The highest BCUT2D eigenvalue weighted by Crippen LogP contribution is 2.29. The first kappa shape index (κ1) is 10.3. The maximum Gasteiger partial charge on any atom is 0.384 e. The van der Waals surface area contributed by atoms with E-state index < -0.39 is 22.4 Å². The number of aromatic carboxylic acids is 1. The fourth-order valence-electron chi connectivity index (χ4n) is 1.15. The maximum atomic E-state index is 10.8. The van der Waals surface area contributed by atoms with Gasteiger partial charge in [0.2, 0.25) is 0 Å². The van der Waals surface area contributed by atoms with Crippen molar-refractivity contribution in [2.75, 3.05) is 0 Å². The molecular formula is C9H8N2O5. The van der Waals surface area contributed by atoms with E-state index in [0.29, 0.717) is 0 Å². The van der Waals surface area contributed by atoms with E-state index in [0.717, 1.165) is 18.9 Å². The van der Waals surface area contributed by atoms with E-state index in [-0.39, 0.29) is 11.9 Å². The van der Waals surface area contributed by atoms with Crippen LogP contribution >= 0.6 is 0 Å². The number of hydrogen-bond donors (Lipinski definition) is 1. The molecule has 1 aromatic rings. The van der Waals surface area contributed by atoms with Crippen molar-refractivity contribution in [2.24, 2.45) is 0 Å². The summed E-state index contributed by atoms with van der Waals surface area (Å²) in [5.41, 5.74) is -0.416. The Morgan fingerprint density at radius 2 is 2.25 bits per heavy atom. The van der Waals surface area contributed by atoms with Gasteiger partial charge in [-0.2, -0.15) is 0 Å². The first-order valence-corrected chi connectivity index (χ1v) is 4.63. The Morgan fingerprint density at radius 3 is 2.75 bits per heavy atom. The molecule has 16 heavy (non-hydrogen) atoms. The van der Waals surface area contributed by atoms with Gasteiger partial charge in [0.15, 0.2) is 5.75 Å². The van der Waals surface area contributed by atoms with Crippen molar-refractivity contribution in [1.82, 2.24) is 4.98 Å². The van der Waals surface area contributed by atoms with Crippen LogP contribution in [0.2, 0.25) is 0 Å². The molecule has 0 unspecified atom stereocenters. The predicted octanol–water partition coefficient (Wildman–Crippen LogP) is 1.23. The molecule has 0 spiro atoms. The minimum atomic E-state index is -1.33. The highest BCUT2D eigenvalue weighted by atomic mass is 16.6. The normalized spacial score (nSPS) is 14.5. The molecule has 1 fully saturated rings. The van der Waals surface area contributed by atoms with Crippen LogP contribution in [0.25, 0.3) is 0 Å². The number of carboxylic acids is 1. The van der Waals surface area contributed by atoms with Gasteiger partial charge in [0.05, 0.1) is 6.10 Å². The van der Waals surface area contributed by atoms with Gasteiger partial charge in [-0.1, -0.05) is 0 Å². The molecule has 1 heterocycles. The Hall–Kier alpha value is -2.18. The van der Waals surface area contributed by atoms with Crippen molar-refractivity contribution < 1.29 is 19.6 Å². The first-order chi connectivity index (χ1) is 7.58. The SMILES string of the molecule is O=C(O)c1nc([N+](=O)[O-])ccc1OC1CC1. The summed E-state index contributed by atoms with van der Waals surface area (Å²) in [5, 5.41) is 19.3. The lowest BCUT2D eigenvalue weighted by Crippen LogP contribution is -2.08. The summed E-state index contributed by atoms with van der Waals surface area (Å²) in [7, 11) is 0. The molecule has 0 aromatic carbocycles. The summed E-state index contributed by atoms with van der Waals surface area (Å²) in [6.07, 6.45) is 1.76. The zero-order chi connectivity index (χ0) is 11.7. The molecule has 0 amide bonds. The van der Waals surface area contributed by atoms with Crippen LogP contribution in [0.1, 0.15) is 23.3 Å². The minimum Gasteiger partial charge on any atom is -0.485 e. The van der Waals surface area contributed by atoms with Crippen LogP contribution < -0.4 is 4.74 Å². The molecule has 1 saturated carbocycles. The minimum absolute atomic E-state index is 0.0151. The fourth-order valence-corrected chi connectivity index (χ4v) is 1.15. The van der Waals surface area contributed by atoms with Crippen molar-refractivity contribution in [3.05, 3.63) is 27.9 Å². The summed E-state index contributed by atoms with van der Waals surface area (Å²) in [6, 6.07) is 2.40. The van der Waals surface area contributed by atoms with E-state index in [4.69, 9.17) is 9.84 Å². The summed E-state index contributed by atoms with van der Waals surface area (Å²) in [4.78, 5) is 24.0. The van der Waals surface area contributed by atoms with E-state index in [9.17, 15) is 14.9 Å². The van der Waals surface area contributed by atoms with Crippen LogP contribution in [0, 0.1) is 10.1 Å². The number of nitro groups is 1. The summed E-state index contributed by atoms with van der Waals surface area (Å²) >= 11 is 0. The van der Waals surface area contributed by atoms with E-state index in [1.807, 2.05) is 0 Å². The molecule has 0 atom stereocenters. The Kier molecular flexibility index (Phi) is 2.43. The number of carbonyl (C=O) groups is 1. The fraction of sp³-hybridized carbons (Fsp3) is 0.333. The Morgan fingerprint density at radius 1 is 1.56 bits per heavy atom. The second-order valence-corrected chi connectivity index (χ2v) is 3.40. The van der Waals surface area contributed by atoms with Crippen molar-refractivity contribution >= 4 is 11.8 Å². The van der Waals surface area contributed by atoms with Gasteiger partial charge in [0.1, 0.15) is 0 Å². The Bertz CT molecular complexity index is 455. The Balaban J connectivity index is 2.35. The lowest BCUT2D eigenvalue weighted by molar-refractivity contribution is -0.389. The molecule has 84 valence electrons. The molecule has 0 saturated heterocycles. The topological polar surface area (TPSA) is 103 Å². The number of rotatable bonds is 4. The van der Waals surface area contributed by atoms with Crippen LogP contribution in [-0.4, -0.2) is 27.1 Å². The zero-order valence-electron chi connectivity index (χ0n) is 8.12. The molecule has 0 radical (unpaired) electrons. The van der Waals surface area contributed by atoms with Gasteiger partial charge in [-0.3, -0.25) is 0 Å². The summed E-state index contributed by atoms with van der Waals surface area (Å²) in [5.74, 6) is -1.75.